The molecule has 1 fully saturated rings. The molecule has 0 amide bonds. The van der Waals surface area contributed by atoms with E-state index in [2.05, 4.69) is 18.0 Å². The molecule has 0 saturated heterocycles. The third kappa shape index (κ3) is 4.73. The van der Waals surface area contributed by atoms with Crippen LogP contribution in [0, 0.1) is 11.8 Å². The molecule has 1 aromatic rings. The van der Waals surface area contributed by atoms with Crippen LogP contribution in [-0.4, -0.2) is 24.2 Å². The smallest absolute Gasteiger partial charge is 0.308 e. The molecule has 0 radical (unpaired) electrons. The molecule has 116 valence electrons. The lowest BCUT2D eigenvalue weighted by atomic mass is 10.1. The Kier molecular flexibility index (Phi) is 5.59. The van der Waals surface area contributed by atoms with Crippen molar-refractivity contribution in [1.82, 2.24) is 4.98 Å². The maximum absolute atomic E-state index is 11.5. The Morgan fingerprint density at radius 2 is 2.24 bits per heavy atom. The van der Waals surface area contributed by atoms with E-state index in [1.54, 1.807) is 6.20 Å². The molecule has 2 rings (SSSR count). The van der Waals surface area contributed by atoms with Gasteiger partial charge in [-0.2, -0.15) is 0 Å². The van der Waals surface area contributed by atoms with Crippen LogP contribution in [-0.2, 0) is 9.53 Å². The van der Waals surface area contributed by atoms with Crippen molar-refractivity contribution in [2.45, 2.75) is 46.0 Å². The van der Waals surface area contributed by atoms with Crippen LogP contribution in [0.1, 0.15) is 51.5 Å². The maximum atomic E-state index is 11.5. The van der Waals surface area contributed by atoms with E-state index in [-0.39, 0.29) is 11.9 Å². The van der Waals surface area contributed by atoms with Crippen molar-refractivity contribution in [2.75, 3.05) is 13.2 Å². The summed E-state index contributed by atoms with van der Waals surface area (Å²) in [6.45, 7) is 7.11. The van der Waals surface area contributed by atoms with Crippen LogP contribution in [0.4, 0.5) is 0 Å². The van der Waals surface area contributed by atoms with Gasteiger partial charge in [-0.15, -0.1) is 0 Å². The van der Waals surface area contributed by atoms with Gasteiger partial charge in [0, 0.05) is 12.1 Å². The van der Waals surface area contributed by atoms with Crippen LogP contribution in [0.25, 0.3) is 0 Å². The molecule has 1 aliphatic carbocycles. The Morgan fingerprint density at radius 1 is 1.43 bits per heavy atom. The van der Waals surface area contributed by atoms with E-state index < -0.39 is 0 Å². The highest BCUT2D eigenvalue weighted by Gasteiger charge is 2.39. The van der Waals surface area contributed by atoms with Crippen LogP contribution in [0.3, 0.4) is 0 Å². The molecule has 0 N–H and O–H groups in total. The number of hydrogen-bond acceptors (Lipinski definition) is 4. The summed E-state index contributed by atoms with van der Waals surface area (Å²) in [7, 11) is 0. The lowest BCUT2D eigenvalue weighted by Gasteiger charge is -2.08. The summed E-state index contributed by atoms with van der Waals surface area (Å²) in [5, 5.41) is 0. The molecule has 1 aromatic heterocycles. The highest BCUT2D eigenvalue weighted by Crippen LogP contribution is 2.47. The molecule has 0 aromatic carbocycles. The summed E-state index contributed by atoms with van der Waals surface area (Å²) >= 11 is 0. The Morgan fingerprint density at radius 3 is 2.95 bits per heavy atom. The number of esters is 1. The van der Waals surface area contributed by atoms with Gasteiger partial charge < -0.3 is 9.47 Å². The average Bonchev–Trinajstić information content (AvgIpc) is 3.25. The zero-order valence-corrected chi connectivity index (χ0v) is 13.2. The van der Waals surface area contributed by atoms with E-state index in [1.165, 1.54) is 5.56 Å². The fourth-order valence-corrected chi connectivity index (χ4v) is 2.25. The summed E-state index contributed by atoms with van der Waals surface area (Å²) in [6, 6.07) is 2.07. The standard InChI is InChI=1S/C17H25NO3/c1-4-5-6-20-15-7-13(9-18-10-15)16-8-14(16)11-21-17(19)12(2)3/h7,9-10,12,14,16H,4-6,8,11H2,1-3H3/t14-,16-/m0/s1. The first kappa shape index (κ1) is 15.8. The molecule has 4 nitrogen and oxygen atoms in total. The summed E-state index contributed by atoms with van der Waals surface area (Å²) in [5.74, 6) is 1.55. The van der Waals surface area contributed by atoms with E-state index in [4.69, 9.17) is 9.47 Å². The largest absolute Gasteiger partial charge is 0.492 e. The molecule has 0 spiro atoms. The highest BCUT2D eigenvalue weighted by molar-refractivity contribution is 5.71. The minimum Gasteiger partial charge on any atom is -0.492 e. The SMILES string of the molecule is CCCCOc1cncc([C@@H]2C[C@H]2COC(=O)C(C)C)c1. The minimum absolute atomic E-state index is 0.0563. The molecular weight excluding hydrogens is 266 g/mol. The number of pyridine rings is 1. The van der Waals surface area contributed by atoms with Gasteiger partial charge in [0.15, 0.2) is 0 Å². The van der Waals surface area contributed by atoms with Gasteiger partial charge >= 0.3 is 5.97 Å². The maximum Gasteiger partial charge on any atom is 0.308 e. The molecular formula is C17H25NO3. The molecule has 1 heterocycles. The summed E-state index contributed by atoms with van der Waals surface area (Å²) in [4.78, 5) is 15.7. The Balaban J connectivity index is 1.81. The van der Waals surface area contributed by atoms with Crippen molar-refractivity contribution in [3.05, 3.63) is 24.0 Å². The van der Waals surface area contributed by atoms with E-state index in [0.717, 1.165) is 31.6 Å². The fraction of sp³-hybridized carbons (Fsp3) is 0.647. The van der Waals surface area contributed by atoms with Crippen molar-refractivity contribution in [1.29, 1.82) is 0 Å². The van der Waals surface area contributed by atoms with Gasteiger partial charge in [-0.25, -0.2) is 0 Å². The molecule has 1 aliphatic rings. The lowest BCUT2D eigenvalue weighted by molar-refractivity contribution is -0.147. The zero-order chi connectivity index (χ0) is 15.2. The van der Waals surface area contributed by atoms with E-state index in [9.17, 15) is 4.79 Å². The van der Waals surface area contributed by atoms with Gasteiger partial charge in [-0.05, 0) is 30.4 Å². The molecule has 21 heavy (non-hydrogen) atoms. The van der Waals surface area contributed by atoms with Crippen LogP contribution < -0.4 is 4.74 Å². The van der Waals surface area contributed by atoms with Crippen molar-refractivity contribution in [2.24, 2.45) is 11.8 Å². The van der Waals surface area contributed by atoms with Gasteiger partial charge in [0.05, 0.1) is 25.3 Å². The van der Waals surface area contributed by atoms with Crippen LogP contribution in [0.5, 0.6) is 5.75 Å². The molecule has 0 bridgehead atoms. The normalized spacial score (nSPS) is 20.4. The summed E-state index contributed by atoms with van der Waals surface area (Å²) in [6.07, 6.45) is 6.89. The Hall–Kier alpha value is -1.58. The molecule has 2 atom stereocenters. The monoisotopic (exact) mass is 291 g/mol. The third-order valence-corrected chi connectivity index (χ3v) is 3.76. The quantitative estimate of drug-likeness (QED) is 0.543. The van der Waals surface area contributed by atoms with Crippen molar-refractivity contribution in [3.63, 3.8) is 0 Å². The van der Waals surface area contributed by atoms with E-state index in [0.29, 0.717) is 18.4 Å². The summed E-state index contributed by atoms with van der Waals surface area (Å²) in [5.41, 5.74) is 1.19. The first-order valence-corrected chi connectivity index (χ1v) is 7.86. The number of carbonyl (C=O) groups excluding carboxylic acids is 1. The number of rotatable bonds is 8. The predicted molar refractivity (Wildman–Crippen MR) is 81.3 cm³/mol. The molecule has 0 unspecified atom stereocenters. The Bertz CT molecular complexity index is 473. The van der Waals surface area contributed by atoms with Crippen molar-refractivity contribution < 1.29 is 14.3 Å². The van der Waals surface area contributed by atoms with Crippen molar-refractivity contribution >= 4 is 5.97 Å². The minimum atomic E-state index is -0.115. The predicted octanol–water partition coefficient (Wildman–Crippen LogP) is 3.56. The number of unbranched alkanes of at least 4 members (excludes halogenated alkanes) is 1. The number of hydrogen-bond donors (Lipinski definition) is 0. The first-order chi connectivity index (χ1) is 10.1. The van der Waals surface area contributed by atoms with Crippen LogP contribution in [0.2, 0.25) is 0 Å². The lowest BCUT2D eigenvalue weighted by Crippen LogP contribution is -2.13. The highest BCUT2D eigenvalue weighted by atomic mass is 16.5. The summed E-state index contributed by atoms with van der Waals surface area (Å²) < 4.78 is 11.0. The van der Waals surface area contributed by atoms with Gasteiger partial charge in [0.25, 0.3) is 0 Å². The second-order valence-corrected chi connectivity index (χ2v) is 6.04. The van der Waals surface area contributed by atoms with Gasteiger partial charge in [-0.3, -0.25) is 9.78 Å². The van der Waals surface area contributed by atoms with Gasteiger partial charge in [0.2, 0.25) is 0 Å². The van der Waals surface area contributed by atoms with E-state index in [1.807, 2.05) is 20.0 Å². The Labute approximate surface area is 126 Å². The van der Waals surface area contributed by atoms with Crippen LogP contribution in [0.15, 0.2) is 18.5 Å². The fourth-order valence-electron chi connectivity index (χ4n) is 2.25. The number of aromatic nitrogens is 1. The average molecular weight is 291 g/mol. The zero-order valence-electron chi connectivity index (χ0n) is 13.2. The van der Waals surface area contributed by atoms with Crippen molar-refractivity contribution in [3.8, 4) is 5.75 Å². The van der Waals surface area contributed by atoms with Crippen LogP contribution >= 0.6 is 0 Å². The molecule has 1 saturated carbocycles. The number of ether oxygens (including phenoxy) is 2. The second kappa shape index (κ2) is 7.43. The molecule has 4 heteroatoms. The third-order valence-electron chi connectivity index (χ3n) is 3.76. The number of carbonyl (C=O) groups is 1. The molecule has 0 aliphatic heterocycles. The number of nitrogens with zero attached hydrogens (tertiary/aromatic N) is 1. The van der Waals surface area contributed by atoms with Gasteiger partial charge in [-0.1, -0.05) is 27.2 Å². The second-order valence-electron chi connectivity index (χ2n) is 6.04. The van der Waals surface area contributed by atoms with E-state index >= 15 is 0 Å². The topological polar surface area (TPSA) is 48.4 Å². The van der Waals surface area contributed by atoms with Gasteiger partial charge in [0.1, 0.15) is 5.75 Å². The first-order valence-electron chi connectivity index (χ1n) is 7.86.